The van der Waals surface area contributed by atoms with Gasteiger partial charge in [-0.15, -0.1) is 0 Å². The maximum absolute atomic E-state index is 13.3. The molecule has 5 heterocycles. The summed E-state index contributed by atoms with van der Waals surface area (Å²) in [6, 6.07) is 13.9. The van der Waals surface area contributed by atoms with Crippen molar-refractivity contribution in [2.45, 2.75) is 81.8 Å². The van der Waals surface area contributed by atoms with E-state index in [0.29, 0.717) is 28.5 Å². The van der Waals surface area contributed by atoms with E-state index in [0.717, 1.165) is 74.7 Å². The van der Waals surface area contributed by atoms with Crippen LogP contribution in [0.3, 0.4) is 0 Å². The van der Waals surface area contributed by atoms with E-state index in [2.05, 4.69) is 20.5 Å². The number of hydrogen-bond donors (Lipinski definition) is 2. The number of imidazole rings is 1. The van der Waals surface area contributed by atoms with Crippen LogP contribution in [-0.2, 0) is 22.8 Å². The fraction of sp³-hybridized carbons (Fsp3) is 0.421. The van der Waals surface area contributed by atoms with Gasteiger partial charge in [0.1, 0.15) is 34.8 Å². The molecule has 8 rings (SSSR count). The number of fused-ring (bicyclic) bond motifs is 2. The number of aromatic nitrogens is 5. The van der Waals surface area contributed by atoms with Crippen LogP contribution in [0.1, 0.15) is 79.6 Å². The van der Waals surface area contributed by atoms with Gasteiger partial charge in [0.25, 0.3) is 5.91 Å². The molecule has 5 aromatic rings. The number of ether oxygens (including phenoxy) is 1. The molecule has 1 aliphatic carbocycles. The van der Waals surface area contributed by atoms with Crippen LogP contribution in [0.4, 0.5) is 18.9 Å². The van der Waals surface area contributed by atoms with Crippen LogP contribution in [-0.4, -0.2) is 71.8 Å². The van der Waals surface area contributed by atoms with Crippen LogP contribution >= 0.6 is 0 Å². The highest BCUT2D eigenvalue weighted by atomic mass is 19.4. The Morgan fingerprint density at radius 1 is 0.926 bits per heavy atom. The molecular weight excluding hydrogens is 705 g/mol. The number of imide groups is 1. The van der Waals surface area contributed by atoms with Crippen LogP contribution in [0.2, 0.25) is 0 Å². The number of benzene rings is 2. The van der Waals surface area contributed by atoms with Crippen LogP contribution in [0.5, 0.6) is 5.75 Å². The third-order valence-corrected chi connectivity index (χ3v) is 11.0. The molecule has 2 aliphatic heterocycles. The Bertz CT molecular complexity index is 2310. The number of alkyl halides is 3. The topological polar surface area (TPSA) is 145 Å². The van der Waals surface area contributed by atoms with Crippen molar-refractivity contribution < 1.29 is 32.3 Å². The number of rotatable bonds is 7. The number of pyridine rings is 1. The van der Waals surface area contributed by atoms with E-state index in [1.807, 2.05) is 23.0 Å². The molecule has 16 heteroatoms. The Hall–Kier alpha value is -5.51. The number of hydrogen-bond acceptors (Lipinski definition) is 8. The third-order valence-electron chi connectivity index (χ3n) is 11.0. The zero-order valence-corrected chi connectivity index (χ0v) is 29.5. The van der Waals surface area contributed by atoms with Gasteiger partial charge < -0.3 is 15.0 Å². The minimum absolute atomic E-state index is 0.0234. The Kier molecular flexibility index (Phi) is 9.24. The van der Waals surface area contributed by atoms with Gasteiger partial charge in [-0.1, -0.05) is 12.1 Å². The van der Waals surface area contributed by atoms with Gasteiger partial charge in [-0.25, -0.2) is 9.78 Å². The van der Waals surface area contributed by atoms with Crippen LogP contribution in [0, 0.1) is 0 Å². The average molecular weight is 745 g/mol. The lowest BCUT2D eigenvalue weighted by Gasteiger charge is -2.40. The van der Waals surface area contributed by atoms with Crippen LogP contribution < -0.4 is 21.1 Å². The van der Waals surface area contributed by atoms with E-state index in [1.54, 1.807) is 31.3 Å². The lowest BCUT2D eigenvalue weighted by molar-refractivity contribution is -0.141. The predicted octanol–water partition coefficient (Wildman–Crippen LogP) is 5.36. The molecular formula is C38H39F3N8O5. The lowest BCUT2D eigenvalue weighted by Crippen LogP contribution is -2.45. The van der Waals surface area contributed by atoms with Gasteiger partial charge in [-0.3, -0.25) is 33.5 Å². The molecule has 1 saturated carbocycles. The molecule has 3 amide bonds. The number of nitrogens with one attached hydrogen (secondary N) is 2. The van der Waals surface area contributed by atoms with Gasteiger partial charge in [0.05, 0.1) is 17.1 Å². The second-order valence-corrected chi connectivity index (χ2v) is 14.4. The number of piperidine rings is 2. The fourth-order valence-electron chi connectivity index (χ4n) is 8.18. The number of halogens is 3. The van der Waals surface area contributed by atoms with Crippen molar-refractivity contribution in [2.75, 3.05) is 18.4 Å². The number of aryl methyl sites for hydroxylation is 1. The lowest BCUT2D eigenvalue weighted by atomic mass is 9.89. The number of anilines is 1. The molecule has 2 saturated heterocycles. The van der Waals surface area contributed by atoms with Gasteiger partial charge in [0.2, 0.25) is 11.8 Å². The summed E-state index contributed by atoms with van der Waals surface area (Å²) < 4.78 is 50.7. The quantitative estimate of drug-likeness (QED) is 0.212. The summed E-state index contributed by atoms with van der Waals surface area (Å²) in [5, 5.41) is 10.6. The van der Waals surface area contributed by atoms with Gasteiger partial charge >= 0.3 is 11.9 Å². The highest BCUT2D eigenvalue weighted by Crippen LogP contribution is 2.35. The third kappa shape index (κ3) is 6.85. The Morgan fingerprint density at radius 3 is 2.41 bits per heavy atom. The van der Waals surface area contributed by atoms with Gasteiger partial charge in [-0.2, -0.15) is 18.3 Å². The minimum atomic E-state index is -4.64. The zero-order valence-electron chi connectivity index (χ0n) is 29.5. The summed E-state index contributed by atoms with van der Waals surface area (Å²) in [4.78, 5) is 56.3. The smallest absolute Gasteiger partial charge is 0.433 e. The molecule has 282 valence electrons. The molecule has 2 aromatic carbocycles. The maximum Gasteiger partial charge on any atom is 0.433 e. The first kappa shape index (κ1) is 35.5. The van der Waals surface area contributed by atoms with Gasteiger partial charge in [0, 0.05) is 49.9 Å². The molecule has 1 unspecified atom stereocenters. The Labute approximate surface area is 307 Å². The van der Waals surface area contributed by atoms with Crippen molar-refractivity contribution in [3.05, 3.63) is 82.7 Å². The largest absolute Gasteiger partial charge is 0.488 e. The van der Waals surface area contributed by atoms with E-state index in [-0.39, 0.29) is 42.3 Å². The molecule has 3 aliphatic rings. The van der Waals surface area contributed by atoms with Crippen molar-refractivity contribution in [2.24, 2.45) is 7.05 Å². The molecule has 0 radical (unpaired) electrons. The molecule has 0 spiro atoms. The summed E-state index contributed by atoms with van der Waals surface area (Å²) in [5.74, 6) is -0.927. The summed E-state index contributed by atoms with van der Waals surface area (Å²) in [6.45, 7) is 1.78. The molecule has 0 bridgehead atoms. The van der Waals surface area contributed by atoms with Crippen molar-refractivity contribution in [1.29, 1.82) is 0 Å². The molecule has 2 N–H and O–H groups in total. The summed E-state index contributed by atoms with van der Waals surface area (Å²) in [7, 11) is 1.67. The van der Waals surface area contributed by atoms with E-state index in [9.17, 15) is 32.3 Å². The van der Waals surface area contributed by atoms with Crippen molar-refractivity contribution in [1.82, 2.24) is 34.1 Å². The standard InChI is InChI=1S/C38H39F3N8O5/c1-46-34-29(49(37(46)53)30-14-15-33(50)44-36(30)52)5-3-6-31(34)54-26-16-18-47(19-17-26)24-9-11-25(12-10-24)48-21-22-20-23(8-13-27(22)45-48)42-35(51)28-4-2-7-32(43-28)38(39,40)41/h2-8,13,20-21,24-26,30H,9-12,14-19H2,1H3,(H,42,51)(H,44,50,52). The maximum atomic E-state index is 13.3. The highest BCUT2D eigenvalue weighted by Gasteiger charge is 2.35. The number of carbonyl (C=O) groups excluding carboxylic acids is 3. The summed E-state index contributed by atoms with van der Waals surface area (Å²) in [6.07, 6.45) is 3.37. The number of carbonyl (C=O) groups is 3. The minimum Gasteiger partial charge on any atom is -0.488 e. The van der Waals surface area contributed by atoms with Crippen molar-refractivity contribution in [3.8, 4) is 5.75 Å². The normalized spacial score (nSPS) is 21.7. The predicted molar refractivity (Wildman–Crippen MR) is 192 cm³/mol. The van der Waals surface area contributed by atoms with E-state index >= 15 is 0 Å². The first-order chi connectivity index (χ1) is 25.9. The van der Waals surface area contributed by atoms with Crippen molar-refractivity contribution in [3.63, 3.8) is 0 Å². The average Bonchev–Trinajstić information content (AvgIpc) is 3.70. The van der Waals surface area contributed by atoms with E-state index in [1.165, 1.54) is 15.2 Å². The second-order valence-electron chi connectivity index (χ2n) is 14.4. The molecule has 13 nitrogen and oxygen atoms in total. The molecule has 1 atom stereocenters. The number of amides is 3. The number of para-hydroxylation sites is 1. The number of nitrogens with zero attached hydrogens (tertiary/aromatic N) is 6. The fourth-order valence-corrected chi connectivity index (χ4v) is 8.18. The van der Waals surface area contributed by atoms with E-state index < -0.39 is 29.7 Å². The Morgan fingerprint density at radius 2 is 1.67 bits per heavy atom. The molecule has 3 fully saturated rings. The summed E-state index contributed by atoms with van der Waals surface area (Å²) in [5.41, 5.74) is 0.667. The van der Waals surface area contributed by atoms with E-state index in [4.69, 9.17) is 9.84 Å². The van der Waals surface area contributed by atoms with Gasteiger partial charge in [-0.05, 0) is 87.4 Å². The second kappa shape index (κ2) is 14.0. The summed E-state index contributed by atoms with van der Waals surface area (Å²) >= 11 is 0. The first-order valence-electron chi connectivity index (χ1n) is 18.2. The van der Waals surface area contributed by atoms with Crippen LogP contribution in [0.15, 0.2) is 65.6 Å². The molecule has 54 heavy (non-hydrogen) atoms. The van der Waals surface area contributed by atoms with Gasteiger partial charge in [0.15, 0.2) is 0 Å². The zero-order chi connectivity index (χ0) is 37.7. The van der Waals surface area contributed by atoms with Crippen LogP contribution in [0.25, 0.3) is 21.9 Å². The molecule has 3 aromatic heterocycles. The number of likely N-dealkylation sites (tertiary alicyclic amines) is 1. The van der Waals surface area contributed by atoms with Crippen molar-refractivity contribution >= 4 is 45.3 Å². The first-order valence-corrected chi connectivity index (χ1v) is 18.2. The SMILES string of the molecule is Cn1c(=O)n(C2CCC(=O)NC2=O)c2cccc(OC3CCN(C4CCC(n5cc6cc(NC(=O)c7cccc(C(F)(F)F)n7)ccc6n5)CC4)CC3)c21. The monoisotopic (exact) mass is 744 g/mol. The highest BCUT2D eigenvalue weighted by molar-refractivity contribution is 6.04. The Balaban J connectivity index is 0.858.